The molecule has 1 aromatic heterocycles. The molecule has 21 heavy (non-hydrogen) atoms. The van der Waals surface area contributed by atoms with Crippen LogP contribution in [-0.2, 0) is 0 Å². The number of hydrogen-bond donors (Lipinski definition) is 2. The van der Waals surface area contributed by atoms with Crippen LogP contribution in [0.2, 0.25) is 0 Å². The second kappa shape index (κ2) is 7.43. The Labute approximate surface area is 127 Å². The van der Waals surface area contributed by atoms with Crippen LogP contribution in [0.1, 0.15) is 59.3 Å². The summed E-state index contributed by atoms with van der Waals surface area (Å²) in [6, 6.07) is 0.398. The van der Waals surface area contributed by atoms with E-state index in [2.05, 4.69) is 46.4 Å². The van der Waals surface area contributed by atoms with E-state index in [9.17, 15) is 0 Å². The lowest BCUT2D eigenvalue weighted by Crippen LogP contribution is -2.32. The maximum absolute atomic E-state index is 5.57. The average Bonchev–Trinajstić information content (AvgIpc) is 2.89. The normalized spacial score (nSPS) is 16.7. The van der Waals surface area contributed by atoms with Crippen molar-refractivity contribution in [2.45, 2.75) is 64.8 Å². The van der Waals surface area contributed by atoms with Crippen molar-refractivity contribution in [1.82, 2.24) is 15.0 Å². The van der Waals surface area contributed by atoms with E-state index in [1.807, 2.05) is 0 Å². The highest BCUT2D eigenvalue weighted by Gasteiger charge is 2.29. The fourth-order valence-corrected chi connectivity index (χ4v) is 2.54. The molecular weight excluding hydrogens is 266 g/mol. The third-order valence-electron chi connectivity index (χ3n) is 3.70. The van der Waals surface area contributed by atoms with Gasteiger partial charge in [0.1, 0.15) is 0 Å². The van der Waals surface area contributed by atoms with Crippen LogP contribution in [0.4, 0.5) is 11.9 Å². The SMILES string of the molecule is CCCNc1nc(NC2(C)CCCC2)nc(OCCC)n1. The second-order valence-electron chi connectivity index (χ2n) is 5.93. The van der Waals surface area contributed by atoms with Crippen molar-refractivity contribution in [1.29, 1.82) is 0 Å². The molecule has 2 rings (SSSR count). The molecule has 0 unspecified atom stereocenters. The van der Waals surface area contributed by atoms with Crippen LogP contribution in [0.5, 0.6) is 6.01 Å². The van der Waals surface area contributed by atoms with Gasteiger partial charge in [-0.15, -0.1) is 0 Å². The Bertz CT molecular complexity index is 419. The lowest BCUT2D eigenvalue weighted by molar-refractivity contribution is 0.292. The third-order valence-corrected chi connectivity index (χ3v) is 3.70. The van der Waals surface area contributed by atoms with Gasteiger partial charge in [-0.25, -0.2) is 0 Å². The summed E-state index contributed by atoms with van der Waals surface area (Å²) in [5.74, 6) is 1.20. The molecular formula is C15H27N5O. The maximum atomic E-state index is 5.57. The van der Waals surface area contributed by atoms with Crippen molar-refractivity contribution in [3.05, 3.63) is 0 Å². The Balaban J connectivity index is 2.13. The monoisotopic (exact) mass is 293 g/mol. The molecule has 0 saturated heterocycles. The van der Waals surface area contributed by atoms with Crippen molar-refractivity contribution in [2.75, 3.05) is 23.8 Å². The highest BCUT2D eigenvalue weighted by atomic mass is 16.5. The topological polar surface area (TPSA) is 72.0 Å². The zero-order valence-electron chi connectivity index (χ0n) is 13.4. The Morgan fingerprint density at radius 1 is 1.05 bits per heavy atom. The lowest BCUT2D eigenvalue weighted by atomic mass is 10.0. The zero-order chi connectivity index (χ0) is 15.1. The molecule has 0 aromatic carbocycles. The molecule has 0 amide bonds. The molecule has 2 N–H and O–H groups in total. The number of nitrogens with zero attached hydrogens (tertiary/aromatic N) is 3. The molecule has 0 atom stereocenters. The molecule has 0 bridgehead atoms. The van der Waals surface area contributed by atoms with E-state index in [-0.39, 0.29) is 5.54 Å². The third kappa shape index (κ3) is 4.72. The summed E-state index contributed by atoms with van der Waals surface area (Å²) in [7, 11) is 0. The fraction of sp³-hybridized carbons (Fsp3) is 0.800. The van der Waals surface area contributed by atoms with Gasteiger partial charge in [0.2, 0.25) is 11.9 Å². The molecule has 0 aliphatic heterocycles. The Morgan fingerprint density at radius 3 is 2.43 bits per heavy atom. The smallest absolute Gasteiger partial charge is 0.323 e. The minimum absolute atomic E-state index is 0.0887. The minimum Gasteiger partial charge on any atom is -0.463 e. The molecule has 6 heteroatoms. The number of aromatic nitrogens is 3. The van der Waals surface area contributed by atoms with E-state index in [1.54, 1.807) is 0 Å². The molecule has 1 fully saturated rings. The molecule has 1 aromatic rings. The molecule has 6 nitrogen and oxygen atoms in total. The van der Waals surface area contributed by atoms with E-state index in [0.29, 0.717) is 24.5 Å². The van der Waals surface area contributed by atoms with Crippen LogP contribution in [0.3, 0.4) is 0 Å². The summed E-state index contributed by atoms with van der Waals surface area (Å²) >= 11 is 0. The molecule has 1 aliphatic carbocycles. The van der Waals surface area contributed by atoms with Gasteiger partial charge in [0, 0.05) is 12.1 Å². The Hall–Kier alpha value is -1.59. The van der Waals surface area contributed by atoms with Gasteiger partial charge in [-0.2, -0.15) is 15.0 Å². The van der Waals surface area contributed by atoms with Crippen LogP contribution >= 0.6 is 0 Å². The number of ether oxygens (including phenoxy) is 1. The van der Waals surface area contributed by atoms with Crippen molar-refractivity contribution < 1.29 is 4.74 Å². The maximum Gasteiger partial charge on any atom is 0.323 e. The van der Waals surface area contributed by atoms with E-state index in [0.717, 1.165) is 32.2 Å². The van der Waals surface area contributed by atoms with Gasteiger partial charge in [-0.3, -0.25) is 0 Å². The molecule has 1 saturated carbocycles. The standard InChI is InChI=1S/C15H27N5O/c1-4-10-16-12-17-13(19-14(18-12)21-11-5-2)20-15(3)8-6-7-9-15/h4-11H2,1-3H3,(H2,16,17,18,19,20). The summed E-state index contributed by atoms with van der Waals surface area (Å²) in [4.78, 5) is 13.2. The quantitative estimate of drug-likeness (QED) is 0.766. The molecule has 0 spiro atoms. The summed E-state index contributed by atoms with van der Waals surface area (Å²) in [6.45, 7) is 7.87. The van der Waals surface area contributed by atoms with E-state index in [4.69, 9.17) is 4.74 Å². The van der Waals surface area contributed by atoms with Gasteiger partial charge in [-0.1, -0.05) is 26.7 Å². The van der Waals surface area contributed by atoms with E-state index in [1.165, 1.54) is 12.8 Å². The van der Waals surface area contributed by atoms with Crippen LogP contribution < -0.4 is 15.4 Å². The first-order chi connectivity index (χ1) is 10.1. The Morgan fingerprint density at radius 2 is 1.76 bits per heavy atom. The largest absolute Gasteiger partial charge is 0.463 e. The lowest BCUT2D eigenvalue weighted by Gasteiger charge is -2.25. The van der Waals surface area contributed by atoms with Crippen LogP contribution in [0.15, 0.2) is 0 Å². The van der Waals surface area contributed by atoms with Crippen LogP contribution in [0, 0.1) is 0 Å². The molecule has 0 radical (unpaired) electrons. The van der Waals surface area contributed by atoms with E-state index >= 15 is 0 Å². The number of anilines is 2. The first kappa shape index (κ1) is 15.8. The predicted molar refractivity (Wildman–Crippen MR) is 84.9 cm³/mol. The minimum atomic E-state index is 0.0887. The number of rotatable bonds is 8. The van der Waals surface area contributed by atoms with Gasteiger partial charge in [0.05, 0.1) is 6.61 Å². The molecule has 118 valence electrons. The van der Waals surface area contributed by atoms with Gasteiger partial charge in [-0.05, 0) is 32.6 Å². The van der Waals surface area contributed by atoms with Crippen molar-refractivity contribution in [2.24, 2.45) is 0 Å². The summed E-state index contributed by atoms with van der Waals surface area (Å²) in [5.41, 5.74) is 0.0887. The predicted octanol–water partition coefficient (Wildman–Crippen LogP) is 3.23. The van der Waals surface area contributed by atoms with Crippen molar-refractivity contribution in [3.63, 3.8) is 0 Å². The summed E-state index contributed by atoms with van der Waals surface area (Å²) in [5, 5.41) is 6.68. The molecule has 1 heterocycles. The summed E-state index contributed by atoms with van der Waals surface area (Å²) in [6.07, 6.45) is 6.79. The van der Waals surface area contributed by atoms with E-state index < -0.39 is 0 Å². The van der Waals surface area contributed by atoms with Crippen LogP contribution in [-0.4, -0.2) is 33.6 Å². The first-order valence-electron chi connectivity index (χ1n) is 8.06. The number of hydrogen-bond acceptors (Lipinski definition) is 6. The van der Waals surface area contributed by atoms with Gasteiger partial charge in [0.25, 0.3) is 0 Å². The molecule has 1 aliphatic rings. The first-order valence-corrected chi connectivity index (χ1v) is 8.06. The summed E-state index contributed by atoms with van der Waals surface area (Å²) < 4.78 is 5.57. The average molecular weight is 293 g/mol. The van der Waals surface area contributed by atoms with Gasteiger partial charge in [0.15, 0.2) is 0 Å². The Kier molecular flexibility index (Phi) is 5.59. The van der Waals surface area contributed by atoms with Crippen molar-refractivity contribution in [3.8, 4) is 6.01 Å². The highest BCUT2D eigenvalue weighted by molar-refractivity contribution is 5.38. The highest BCUT2D eigenvalue weighted by Crippen LogP contribution is 2.32. The van der Waals surface area contributed by atoms with Gasteiger partial charge >= 0.3 is 6.01 Å². The second-order valence-corrected chi connectivity index (χ2v) is 5.93. The van der Waals surface area contributed by atoms with Crippen molar-refractivity contribution >= 4 is 11.9 Å². The fourth-order valence-electron chi connectivity index (χ4n) is 2.54. The zero-order valence-corrected chi connectivity index (χ0v) is 13.4. The van der Waals surface area contributed by atoms with Gasteiger partial charge < -0.3 is 15.4 Å². The van der Waals surface area contributed by atoms with Crippen LogP contribution in [0.25, 0.3) is 0 Å². The number of nitrogens with one attached hydrogen (secondary N) is 2.